The van der Waals surface area contributed by atoms with E-state index in [0.29, 0.717) is 0 Å². The number of rotatable bonds is 3. The van der Waals surface area contributed by atoms with Crippen LogP contribution in [0.5, 0.6) is 5.75 Å². The Kier molecular flexibility index (Phi) is 4.69. The van der Waals surface area contributed by atoms with Gasteiger partial charge in [0, 0.05) is 13.1 Å². The van der Waals surface area contributed by atoms with E-state index in [2.05, 4.69) is 19.9 Å². The van der Waals surface area contributed by atoms with E-state index in [1.807, 2.05) is 30.9 Å². The van der Waals surface area contributed by atoms with Crippen LogP contribution in [0, 0.1) is 19.8 Å². The van der Waals surface area contributed by atoms with Crippen molar-refractivity contribution < 1.29 is 9.53 Å². The summed E-state index contributed by atoms with van der Waals surface area (Å²) in [5.74, 6) is 1.66. The van der Waals surface area contributed by atoms with Gasteiger partial charge in [-0.1, -0.05) is 19.1 Å². The Morgan fingerprint density at radius 1 is 1.30 bits per heavy atom. The lowest BCUT2D eigenvalue weighted by atomic mass is 9.99. The Balaban J connectivity index is 1.99. The van der Waals surface area contributed by atoms with Crippen LogP contribution in [0.2, 0.25) is 0 Å². The van der Waals surface area contributed by atoms with Gasteiger partial charge in [-0.3, -0.25) is 4.79 Å². The average Bonchev–Trinajstić information content (AvgIpc) is 2.44. The number of hydrogen-bond acceptors (Lipinski definition) is 2. The zero-order valence-corrected chi connectivity index (χ0v) is 13.0. The molecule has 1 amide bonds. The zero-order valence-electron chi connectivity index (χ0n) is 13.0. The van der Waals surface area contributed by atoms with Gasteiger partial charge in [0.25, 0.3) is 5.91 Å². The predicted octanol–water partition coefficient (Wildman–Crippen LogP) is 3.33. The van der Waals surface area contributed by atoms with Gasteiger partial charge in [0.05, 0.1) is 0 Å². The molecule has 2 rings (SSSR count). The highest BCUT2D eigenvalue weighted by Crippen LogP contribution is 2.23. The number of likely N-dealkylation sites (tertiary alicyclic amines) is 1. The molecule has 0 saturated carbocycles. The summed E-state index contributed by atoms with van der Waals surface area (Å²) < 4.78 is 5.88. The average molecular weight is 275 g/mol. The van der Waals surface area contributed by atoms with E-state index in [1.165, 1.54) is 5.56 Å². The van der Waals surface area contributed by atoms with E-state index in [0.717, 1.165) is 43.2 Å². The Labute approximate surface area is 121 Å². The molecule has 3 nitrogen and oxygen atoms in total. The van der Waals surface area contributed by atoms with Gasteiger partial charge < -0.3 is 9.64 Å². The monoisotopic (exact) mass is 275 g/mol. The topological polar surface area (TPSA) is 29.5 Å². The van der Waals surface area contributed by atoms with Crippen LogP contribution < -0.4 is 4.74 Å². The summed E-state index contributed by atoms with van der Waals surface area (Å²) in [6.45, 7) is 9.91. The lowest BCUT2D eigenvalue weighted by molar-refractivity contribution is -0.139. The minimum absolute atomic E-state index is 0.109. The maximum Gasteiger partial charge on any atom is 0.263 e. The zero-order chi connectivity index (χ0) is 14.7. The highest BCUT2D eigenvalue weighted by atomic mass is 16.5. The molecule has 1 aromatic carbocycles. The van der Waals surface area contributed by atoms with Gasteiger partial charge in [0.2, 0.25) is 0 Å². The molecule has 3 heteroatoms. The van der Waals surface area contributed by atoms with Crippen molar-refractivity contribution >= 4 is 5.91 Å². The fourth-order valence-electron chi connectivity index (χ4n) is 2.58. The molecule has 1 heterocycles. The number of amides is 1. The number of carbonyl (C=O) groups is 1. The second-order valence-corrected chi connectivity index (χ2v) is 5.97. The first-order valence-corrected chi connectivity index (χ1v) is 7.50. The van der Waals surface area contributed by atoms with Crippen LogP contribution >= 0.6 is 0 Å². The molecule has 0 bridgehead atoms. The van der Waals surface area contributed by atoms with Gasteiger partial charge in [0.15, 0.2) is 6.10 Å². The Morgan fingerprint density at radius 2 is 1.95 bits per heavy atom. The molecule has 0 radical (unpaired) electrons. The van der Waals surface area contributed by atoms with Crippen LogP contribution in [-0.2, 0) is 4.79 Å². The van der Waals surface area contributed by atoms with Crippen LogP contribution in [0.4, 0.5) is 0 Å². The van der Waals surface area contributed by atoms with Gasteiger partial charge in [0.1, 0.15) is 5.75 Å². The van der Waals surface area contributed by atoms with E-state index >= 15 is 0 Å². The Hall–Kier alpha value is -1.51. The van der Waals surface area contributed by atoms with Crippen LogP contribution in [0.1, 0.15) is 37.8 Å². The number of hydrogen-bond donors (Lipinski definition) is 0. The van der Waals surface area contributed by atoms with Gasteiger partial charge in [-0.15, -0.1) is 0 Å². The van der Waals surface area contributed by atoms with Crippen molar-refractivity contribution in [3.63, 3.8) is 0 Å². The van der Waals surface area contributed by atoms with Crippen LogP contribution in [0.3, 0.4) is 0 Å². The molecule has 1 aliphatic heterocycles. The van der Waals surface area contributed by atoms with E-state index in [9.17, 15) is 4.79 Å². The molecule has 1 fully saturated rings. The number of benzene rings is 1. The van der Waals surface area contributed by atoms with Gasteiger partial charge in [-0.2, -0.15) is 0 Å². The first-order valence-electron chi connectivity index (χ1n) is 7.50. The highest BCUT2D eigenvalue weighted by Gasteiger charge is 2.25. The molecule has 20 heavy (non-hydrogen) atoms. The molecular formula is C17H25NO2. The molecule has 0 aliphatic carbocycles. The van der Waals surface area contributed by atoms with Crippen molar-refractivity contribution in [1.29, 1.82) is 0 Å². The van der Waals surface area contributed by atoms with Crippen molar-refractivity contribution in [1.82, 2.24) is 4.90 Å². The first kappa shape index (κ1) is 14.9. The summed E-state index contributed by atoms with van der Waals surface area (Å²) in [6, 6.07) is 5.96. The molecule has 1 atom stereocenters. The van der Waals surface area contributed by atoms with E-state index in [4.69, 9.17) is 4.74 Å². The number of nitrogens with zero attached hydrogens (tertiary/aromatic N) is 1. The molecule has 110 valence electrons. The molecular weight excluding hydrogens is 250 g/mol. The summed E-state index contributed by atoms with van der Waals surface area (Å²) in [4.78, 5) is 14.3. The smallest absolute Gasteiger partial charge is 0.263 e. The lowest BCUT2D eigenvalue weighted by Crippen LogP contribution is -2.44. The van der Waals surface area contributed by atoms with Crippen LogP contribution in [0.25, 0.3) is 0 Å². The summed E-state index contributed by atoms with van der Waals surface area (Å²) >= 11 is 0. The standard InChI is InChI=1S/C17H25NO2/c1-12-8-10-18(11-9-12)17(19)15(4)20-16-7-5-6-13(2)14(16)3/h5-7,12,15H,8-11H2,1-4H3/t15-/m0/s1. The second kappa shape index (κ2) is 6.29. The van der Waals surface area contributed by atoms with Gasteiger partial charge >= 0.3 is 0 Å². The maximum absolute atomic E-state index is 12.4. The first-order chi connectivity index (χ1) is 9.49. The van der Waals surface area contributed by atoms with Crippen molar-refractivity contribution in [3.8, 4) is 5.75 Å². The third-order valence-corrected chi connectivity index (χ3v) is 4.30. The summed E-state index contributed by atoms with van der Waals surface area (Å²) in [7, 11) is 0. The van der Waals surface area contributed by atoms with Crippen LogP contribution in [-0.4, -0.2) is 30.0 Å². The SMILES string of the molecule is Cc1cccc(O[C@@H](C)C(=O)N2CCC(C)CC2)c1C. The Morgan fingerprint density at radius 3 is 2.60 bits per heavy atom. The molecule has 0 N–H and O–H groups in total. The minimum atomic E-state index is -0.413. The summed E-state index contributed by atoms with van der Waals surface area (Å²) in [6.07, 6.45) is 1.79. The van der Waals surface area contributed by atoms with Gasteiger partial charge in [-0.05, 0) is 56.7 Å². The maximum atomic E-state index is 12.4. The van der Waals surface area contributed by atoms with Crippen molar-refractivity contribution in [3.05, 3.63) is 29.3 Å². The second-order valence-electron chi connectivity index (χ2n) is 5.97. The van der Waals surface area contributed by atoms with Gasteiger partial charge in [-0.25, -0.2) is 0 Å². The van der Waals surface area contributed by atoms with E-state index in [-0.39, 0.29) is 5.91 Å². The Bertz CT molecular complexity index is 476. The number of aryl methyl sites for hydroxylation is 1. The molecule has 0 spiro atoms. The van der Waals surface area contributed by atoms with E-state index < -0.39 is 6.10 Å². The van der Waals surface area contributed by atoms with E-state index in [1.54, 1.807) is 0 Å². The lowest BCUT2D eigenvalue weighted by Gasteiger charge is -2.32. The van der Waals surface area contributed by atoms with Crippen LogP contribution in [0.15, 0.2) is 18.2 Å². The van der Waals surface area contributed by atoms with Crippen molar-refractivity contribution in [2.45, 2.75) is 46.6 Å². The fraction of sp³-hybridized carbons (Fsp3) is 0.588. The molecule has 0 aromatic heterocycles. The normalized spacial score (nSPS) is 17.9. The quantitative estimate of drug-likeness (QED) is 0.847. The highest BCUT2D eigenvalue weighted by molar-refractivity contribution is 5.81. The van der Waals surface area contributed by atoms with Crippen molar-refractivity contribution in [2.24, 2.45) is 5.92 Å². The molecule has 1 aromatic rings. The molecule has 1 saturated heterocycles. The molecule has 0 unspecified atom stereocenters. The minimum Gasteiger partial charge on any atom is -0.481 e. The third kappa shape index (κ3) is 3.33. The number of piperidine rings is 1. The number of carbonyl (C=O) groups excluding carboxylic acids is 1. The summed E-state index contributed by atoms with van der Waals surface area (Å²) in [5, 5.41) is 0. The van der Waals surface area contributed by atoms with Crippen molar-refractivity contribution in [2.75, 3.05) is 13.1 Å². The largest absolute Gasteiger partial charge is 0.481 e. The fourth-order valence-corrected chi connectivity index (χ4v) is 2.58. The predicted molar refractivity (Wildman–Crippen MR) is 81.0 cm³/mol. The summed E-state index contributed by atoms with van der Waals surface area (Å²) in [5.41, 5.74) is 2.30. The third-order valence-electron chi connectivity index (χ3n) is 4.30. The molecule has 1 aliphatic rings. The number of ether oxygens (including phenoxy) is 1.